The van der Waals surface area contributed by atoms with Crippen molar-refractivity contribution < 1.29 is 13.2 Å². The second-order valence-electron chi connectivity index (χ2n) is 8.27. The van der Waals surface area contributed by atoms with Gasteiger partial charge >= 0.3 is 0 Å². The first kappa shape index (κ1) is 21.5. The van der Waals surface area contributed by atoms with Gasteiger partial charge in [0.15, 0.2) is 0 Å². The number of carbonyl (C=O) groups is 1. The van der Waals surface area contributed by atoms with Gasteiger partial charge in [0.05, 0.1) is 4.90 Å². The summed E-state index contributed by atoms with van der Waals surface area (Å²) in [6, 6.07) is 9.80. The molecule has 164 valence electrons. The monoisotopic (exact) mass is 440 g/mol. The summed E-state index contributed by atoms with van der Waals surface area (Å²) in [5, 5.41) is 0.613. The summed E-state index contributed by atoms with van der Waals surface area (Å²) in [6.45, 7) is 3.52. The van der Waals surface area contributed by atoms with Crippen molar-refractivity contribution >= 4 is 26.8 Å². The molecule has 0 spiro atoms. The van der Waals surface area contributed by atoms with Gasteiger partial charge in [0.25, 0.3) is 0 Å². The highest BCUT2D eigenvalue weighted by atomic mass is 32.2. The molecule has 2 N–H and O–H groups in total. The number of nitrogens with one attached hydrogen (secondary N) is 2. The molecule has 1 atom stereocenters. The van der Waals surface area contributed by atoms with E-state index in [2.05, 4.69) is 21.6 Å². The van der Waals surface area contributed by atoms with Gasteiger partial charge in [-0.25, -0.2) is 8.42 Å². The van der Waals surface area contributed by atoms with Crippen LogP contribution in [-0.4, -0.2) is 48.3 Å². The molecular formula is C23H28N4O3S. The molecule has 3 heterocycles. The molecule has 0 radical (unpaired) electrons. The Labute approximate surface area is 182 Å². The van der Waals surface area contributed by atoms with Crippen molar-refractivity contribution in [3.05, 3.63) is 60.6 Å². The minimum atomic E-state index is -3.88. The van der Waals surface area contributed by atoms with E-state index in [1.807, 2.05) is 18.2 Å². The van der Waals surface area contributed by atoms with Gasteiger partial charge in [-0.2, -0.15) is 4.72 Å². The molecule has 7 nitrogen and oxygen atoms in total. The number of sulfonamides is 1. The molecule has 31 heavy (non-hydrogen) atoms. The zero-order valence-electron chi connectivity index (χ0n) is 17.6. The van der Waals surface area contributed by atoms with Crippen LogP contribution < -0.4 is 4.72 Å². The van der Waals surface area contributed by atoms with Crippen LogP contribution in [0, 0.1) is 5.92 Å². The largest absolute Gasteiger partial charge is 0.361 e. The highest BCUT2D eigenvalue weighted by Crippen LogP contribution is 2.23. The van der Waals surface area contributed by atoms with Crippen molar-refractivity contribution in [1.82, 2.24) is 19.6 Å². The van der Waals surface area contributed by atoms with Crippen molar-refractivity contribution in [2.75, 3.05) is 13.1 Å². The van der Waals surface area contributed by atoms with Gasteiger partial charge in [0.2, 0.25) is 15.9 Å². The van der Waals surface area contributed by atoms with Gasteiger partial charge < -0.3 is 9.88 Å². The fourth-order valence-electron chi connectivity index (χ4n) is 4.08. The van der Waals surface area contributed by atoms with Gasteiger partial charge in [0.1, 0.15) is 6.04 Å². The van der Waals surface area contributed by atoms with E-state index in [9.17, 15) is 13.2 Å². The topological polar surface area (TPSA) is 95.2 Å². The number of amides is 1. The van der Waals surface area contributed by atoms with E-state index in [1.165, 1.54) is 0 Å². The molecule has 8 heteroatoms. The van der Waals surface area contributed by atoms with Crippen LogP contribution in [-0.2, 0) is 21.2 Å². The molecule has 1 aromatic carbocycles. The third kappa shape index (κ3) is 4.97. The zero-order chi connectivity index (χ0) is 21.8. The molecule has 4 rings (SSSR count). The Hall–Kier alpha value is -2.71. The number of aromatic amines is 1. The van der Waals surface area contributed by atoms with E-state index < -0.39 is 16.1 Å². The van der Waals surface area contributed by atoms with Gasteiger partial charge in [-0.15, -0.1) is 0 Å². The molecule has 0 bridgehead atoms. The number of rotatable bonds is 7. The molecule has 3 aromatic rings. The summed E-state index contributed by atoms with van der Waals surface area (Å²) in [5.41, 5.74) is 1.76. The number of H-pyrrole nitrogens is 1. The van der Waals surface area contributed by atoms with Crippen molar-refractivity contribution in [3.63, 3.8) is 0 Å². The number of carbonyl (C=O) groups excluding carboxylic acids is 1. The van der Waals surface area contributed by atoms with E-state index in [-0.39, 0.29) is 10.8 Å². The smallest absolute Gasteiger partial charge is 0.241 e. The Bertz CT molecular complexity index is 1140. The molecule has 1 saturated heterocycles. The summed E-state index contributed by atoms with van der Waals surface area (Å²) >= 11 is 0. The summed E-state index contributed by atoms with van der Waals surface area (Å²) in [7, 11) is -3.88. The third-order valence-electron chi connectivity index (χ3n) is 6.01. The number of nitrogens with zero attached hydrogens (tertiary/aromatic N) is 2. The fraction of sp³-hybridized carbons (Fsp3) is 0.391. The van der Waals surface area contributed by atoms with Crippen LogP contribution in [0.2, 0.25) is 0 Å². The first-order valence-corrected chi connectivity index (χ1v) is 12.2. The third-order valence-corrected chi connectivity index (χ3v) is 7.54. The number of fused-ring (bicyclic) bond motifs is 1. The number of likely N-dealkylation sites (tertiary alicyclic amines) is 1. The molecule has 0 aliphatic carbocycles. The average Bonchev–Trinajstić information content (AvgIpc) is 3.26. The van der Waals surface area contributed by atoms with Crippen LogP contribution in [0.25, 0.3) is 10.9 Å². The lowest BCUT2D eigenvalue weighted by Gasteiger charge is -2.33. The number of benzene rings is 1. The van der Waals surface area contributed by atoms with Crippen LogP contribution >= 0.6 is 0 Å². The minimum Gasteiger partial charge on any atom is -0.361 e. The number of aromatic nitrogens is 2. The molecule has 1 amide bonds. The number of aryl methyl sites for hydroxylation is 1. The van der Waals surface area contributed by atoms with E-state index in [0.717, 1.165) is 23.9 Å². The van der Waals surface area contributed by atoms with Gasteiger partial charge in [0, 0.05) is 42.6 Å². The van der Waals surface area contributed by atoms with Gasteiger partial charge in [-0.1, -0.05) is 13.0 Å². The predicted octanol–water partition coefficient (Wildman–Crippen LogP) is 3.10. The van der Waals surface area contributed by atoms with Crippen LogP contribution in [0.1, 0.15) is 31.7 Å². The number of hydrogen-bond acceptors (Lipinski definition) is 4. The molecule has 1 aliphatic heterocycles. The Morgan fingerprint density at radius 1 is 1.19 bits per heavy atom. The van der Waals surface area contributed by atoms with Crippen LogP contribution in [0.4, 0.5) is 0 Å². The van der Waals surface area contributed by atoms with Crippen molar-refractivity contribution in [1.29, 1.82) is 0 Å². The molecule has 1 unspecified atom stereocenters. The summed E-state index contributed by atoms with van der Waals surface area (Å²) < 4.78 is 29.3. The quantitative estimate of drug-likeness (QED) is 0.590. The van der Waals surface area contributed by atoms with E-state index in [0.29, 0.717) is 37.2 Å². The van der Waals surface area contributed by atoms with E-state index in [4.69, 9.17) is 0 Å². The lowest BCUT2D eigenvalue weighted by Crippen LogP contribution is -2.50. The SMILES string of the molecule is CC1CCN(C(=O)C(CCc2ccncc2)NS(=O)(=O)c2cccc3[nH]ccc23)CC1. The normalized spacial score (nSPS) is 16.5. The second-order valence-corrected chi connectivity index (χ2v) is 9.95. The maximum atomic E-state index is 13.3. The fourth-order valence-corrected chi connectivity index (χ4v) is 5.53. The Balaban J connectivity index is 1.58. The van der Waals surface area contributed by atoms with Gasteiger partial charge in [-0.3, -0.25) is 9.78 Å². The number of piperidine rings is 1. The summed E-state index contributed by atoms with van der Waals surface area (Å²) in [6.07, 6.45) is 7.97. The molecule has 1 aliphatic rings. The van der Waals surface area contributed by atoms with Gasteiger partial charge in [-0.05, 0) is 67.5 Å². The van der Waals surface area contributed by atoms with Crippen LogP contribution in [0.5, 0.6) is 0 Å². The minimum absolute atomic E-state index is 0.147. The van der Waals surface area contributed by atoms with Crippen LogP contribution in [0.3, 0.4) is 0 Å². The summed E-state index contributed by atoms with van der Waals surface area (Å²) in [5.74, 6) is 0.438. The second kappa shape index (κ2) is 9.20. The highest BCUT2D eigenvalue weighted by Gasteiger charge is 2.31. The Morgan fingerprint density at radius 3 is 2.68 bits per heavy atom. The lowest BCUT2D eigenvalue weighted by atomic mass is 9.98. The Morgan fingerprint density at radius 2 is 1.94 bits per heavy atom. The summed E-state index contributed by atoms with van der Waals surface area (Å²) in [4.78, 5) is 22.4. The molecule has 0 saturated carbocycles. The first-order valence-electron chi connectivity index (χ1n) is 10.7. The average molecular weight is 441 g/mol. The van der Waals surface area contributed by atoms with Crippen molar-refractivity contribution in [2.45, 2.75) is 43.5 Å². The van der Waals surface area contributed by atoms with Crippen molar-refractivity contribution in [2.24, 2.45) is 5.92 Å². The lowest BCUT2D eigenvalue weighted by molar-refractivity contribution is -0.134. The number of hydrogen-bond donors (Lipinski definition) is 2. The van der Waals surface area contributed by atoms with E-state index in [1.54, 1.807) is 41.7 Å². The Kier molecular flexibility index (Phi) is 6.38. The number of pyridine rings is 1. The maximum absolute atomic E-state index is 13.3. The molecular weight excluding hydrogens is 412 g/mol. The molecule has 1 fully saturated rings. The zero-order valence-corrected chi connectivity index (χ0v) is 18.4. The first-order chi connectivity index (χ1) is 14.9. The standard InChI is InChI=1S/C23H28N4O3S/c1-17-10-15-27(16-11-17)23(28)21(6-5-18-7-12-24-13-8-18)26-31(29,30)22-4-2-3-20-19(22)9-14-25-20/h2-4,7-9,12-14,17,21,25-26H,5-6,10-11,15-16H2,1H3. The van der Waals surface area contributed by atoms with Crippen LogP contribution in [0.15, 0.2) is 59.9 Å². The maximum Gasteiger partial charge on any atom is 0.241 e. The predicted molar refractivity (Wildman–Crippen MR) is 120 cm³/mol. The molecule has 2 aromatic heterocycles. The van der Waals surface area contributed by atoms with E-state index >= 15 is 0 Å². The van der Waals surface area contributed by atoms with Crippen molar-refractivity contribution in [3.8, 4) is 0 Å². The highest BCUT2D eigenvalue weighted by molar-refractivity contribution is 7.89.